The number of carbonyl (C=O) groups excluding carboxylic acids is 4. The van der Waals surface area contributed by atoms with Crippen LogP contribution in [0.15, 0.2) is 0 Å². The van der Waals surface area contributed by atoms with Gasteiger partial charge in [-0.3, -0.25) is 14.4 Å². The van der Waals surface area contributed by atoms with Crippen LogP contribution in [0.1, 0.15) is 46.5 Å². The second-order valence-corrected chi connectivity index (χ2v) is 6.80. The normalized spacial score (nSPS) is 13.2. The zero-order valence-electron chi connectivity index (χ0n) is 16.6. The molecule has 0 aromatic heterocycles. The van der Waals surface area contributed by atoms with Gasteiger partial charge in [0.2, 0.25) is 17.7 Å². The third-order valence-electron chi connectivity index (χ3n) is 4.10. The first-order chi connectivity index (χ1) is 12.2. The highest BCUT2D eigenvalue weighted by molar-refractivity contribution is 5.91. The maximum atomic E-state index is 13.0. The molecule has 0 bridgehead atoms. The Labute approximate surface area is 156 Å². The summed E-state index contributed by atoms with van der Waals surface area (Å²) in [5.41, 5.74) is 5.46. The summed E-state index contributed by atoms with van der Waals surface area (Å²) in [6, 6.07) is -1.63. The summed E-state index contributed by atoms with van der Waals surface area (Å²) in [6.07, 6.45) is 2.33. The number of rotatable bonds is 13. The zero-order valence-corrected chi connectivity index (χ0v) is 16.6. The van der Waals surface area contributed by atoms with Gasteiger partial charge in [-0.2, -0.15) is 0 Å². The molecular weight excluding hydrogens is 338 g/mol. The molecule has 0 radical (unpaired) electrons. The van der Waals surface area contributed by atoms with Crippen LogP contribution < -0.4 is 5.73 Å². The van der Waals surface area contributed by atoms with Gasteiger partial charge in [0.25, 0.3) is 0 Å². The van der Waals surface area contributed by atoms with Gasteiger partial charge in [-0.1, -0.05) is 20.8 Å². The number of likely N-dealkylation sites (N-methyl/N-ethyl adjacent to an activating group) is 2. The molecule has 0 rings (SSSR count). The Morgan fingerprint density at radius 1 is 1.12 bits per heavy atom. The zero-order chi connectivity index (χ0) is 20.3. The number of aldehydes is 1. The van der Waals surface area contributed by atoms with Gasteiger partial charge in [0.1, 0.15) is 18.4 Å². The third kappa shape index (κ3) is 7.95. The molecule has 8 heteroatoms. The Morgan fingerprint density at radius 2 is 1.73 bits per heavy atom. The highest BCUT2D eigenvalue weighted by atomic mass is 16.5. The van der Waals surface area contributed by atoms with Crippen molar-refractivity contribution in [2.75, 3.05) is 27.3 Å². The lowest BCUT2D eigenvalue weighted by molar-refractivity contribution is -0.149. The van der Waals surface area contributed by atoms with Gasteiger partial charge in [-0.05, 0) is 18.8 Å². The van der Waals surface area contributed by atoms with Crippen LogP contribution in [0.25, 0.3) is 0 Å². The van der Waals surface area contributed by atoms with E-state index < -0.39 is 23.9 Å². The van der Waals surface area contributed by atoms with Crippen molar-refractivity contribution in [2.45, 2.75) is 58.5 Å². The molecule has 0 aromatic rings. The van der Waals surface area contributed by atoms with E-state index in [2.05, 4.69) is 0 Å². The average Bonchev–Trinajstić information content (AvgIpc) is 2.58. The van der Waals surface area contributed by atoms with E-state index in [0.717, 1.165) is 6.29 Å². The Hall–Kier alpha value is -1.96. The number of nitrogens with two attached hydrogens (primary N) is 1. The summed E-state index contributed by atoms with van der Waals surface area (Å²) in [7, 11) is 3.05. The second-order valence-electron chi connectivity index (χ2n) is 6.80. The Balaban J connectivity index is 5.34. The van der Waals surface area contributed by atoms with Crippen molar-refractivity contribution < 1.29 is 23.9 Å². The SMILES string of the molecule is CCCC(=O)N(C)[C@H](COCCC=O)C(=O)N(C)[C@@H](CC(C)C)C(N)=O. The summed E-state index contributed by atoms with van der Waals surface area (Å²) in [5.74, 6) is -1.01. The van der Waals surface area contributed by atoms with E-state index in [1.54, 1.807) is 7.05 Å². The first kappa shape index (κ1) is 24.0. The number of carbonyl (C=O) groups is 4. The predicted octanol–water partition coefficient (Wildman–Crippen LogP) is 0.578. The third-order valence-corrected chi connectivity index (χ3v) is 4.10. The van der Waals surface area contributed by atoms with E-state index in [0.29, 0.717) is 19.3 Å². The topological polar surface area (TPSA) is 110 Å². The molecule has 2 N–H and O–H groups in total. The molecule has 26 heavy (non-hydrogen) atoms. The van der Waals surface area contributed by atoms with Gasteiger partial charge in [-0.25, -0.2) is 0 Å². The summed E-state index contributed by atoms with van der Waals surface area (Å²) in [4.78, 5) is 50.0. The van der Waals surface area contributed by atoms with Crippen LogP contribution in [0.2, 0.25) is 0 Å². The summed E-state index contributed by atoms with van der Waals surface area (Å²) in [5, 5.41) is 0. The first-order valence-electron chi connectivity index (χ1n) is 9.00. The summed E-state index contributed by atoms with van der Waals surface area (Å²) in [6.45, 7) is 5.87. The molecule has 0 heterocycles. The van der Waals surface area contributed by atoms with Crippen LogP contribution in [-0.4, -0.2) is 73.2 Å². The number of hydrogen-bond donors (Lipinski definition) is 1. The van der Waals surface area contributed by atoms with Crippen LogP contribution >= 0.6 is 0 Å². The van der Waals surface area contributed by atoms with Gasteiger partial charge in [0.15, 0.2) is 0 Å². The first-order valence-corrected chi connectivity index (χ1v) is 9.00. The number of hydrogen-bond acceptors (Lipinski definition) is 5. The Bertz CT molecular complexity index is 481. The van der Waals surface area contributed by atoms with E-state index in [-0.39, 0.29) is 31.5 Å². The Kier molecular flexibility index (Phi) is 11.5. The van der Waals surface area contributed by atoms with Crippen molar-refractivity contribution in [3.8, 4) is 0 Å². The number of amides is 3. The highest BCUT2D eigenvalue weighted by Crippen LogP contribution is 2.14. The fraction of sp³-hybridized carbons (Fsp3) is 0.778. The lowest BCUT2D eigenvalue weighted by Crippen LogP contribution is -2.55. The van der Waals surface area contributed by atoms with E-state index in [9.17, 15) is 19.2 Å². The molecule has 2 atom stereocenters. The van der Waals surface area contributed by atoms with Crippen molar-refractivity contribution in [3.05, 3.63) is 0 Å². The van der Waals surface area contributed by atoms with Crippen LogP contribution in [0.4, 0.5) is 0 Å². The molecule has 8 nitrogen and oxygen atoms in total. The molecule has 3 amide bonds. The maximum Gasteiger partial charge on any atom is 0.248 e. The monoisotopic (exact) mass is 371 g/mol. The van der Waals surface area contributed by atoms with Crippen LogP contribution in [0.5, 0.6) is 0 Å². The predicted molar refractivity (Wildman–Crippen MR) is 98.2 cm³/mol. The van der Waals surface area contributed by atoms with Crippen LogP contribution in [-0.2, 0) is 23.9 Å². The molecule has 150 valence electrons. The van der Waals surface area contributed by atoms with Crippen molar-refractivity contribution in [3.63, 3.8) is 0 Å². The van der Waals surface area contributed by atoms with Gasteiger partial charge in [-0.15, -0.1) is 0 Å². The van der Waals surface area contributed by atoms with Crippen LogP contribution in [0.3, 0.4) is 0 Å². The minimum absolute atomic E-state index is 0.0455. The molecule has 0 aliphatic rings. The average molecular weight is 371 g/mol. The standard InChI is InChI=1S/C18H33N3O5/c1-6-8-16(23)20(4)15(12-26-10-7-9-22)18(25)21(5)14(17(19)24)11-13(2)3/h9,13-15H,6-8,10-12H2,1-5H3,(H2,19,24)/t14-,15+/m0/s1. The molecule has 0 aromatic carbocycles. The van der Waals surface area contributed by atoms with E-state index in [1.165, 1.54) is 16.8 Å². The summed E-state index contributed by atoms with van der Waals surface area (Å²) >= 11 is 0. The van der Waals surface area contributed by atoms with E-state index in [1.807, 2.05) is 20.8 Å². The molecule has 0 saturated heterocycles. The molecule has 0 saturated carbocycles. The molecule has 0 aliphatic heterocycles. The van der Waals surface area contributed by atoms with Gasteiger partial charge < -0.3 is 25.1 Å². The second kappa shape index (κ2) is 12.4. The highest BCUT2D eigenvalue weighted by Gasteiger charge is 2.34. The largest absolute Gasteiger partial charge is 0.378 e. The molecule has 0 unspecified atom stereocenters. The molecule has 0 fully saturated rings. The fourth-order valence-corrected chi connectivity index (χ4v) is 2.54. The minimum atomic E-state index is -0.875. The van der Waals surface area contributed by atoms with Gasteiger partial charge >= 0.3 is 0 Å². The lowest BCUT2D eigenvalue weighted by Gasteiger charge is -2.34. The Morgan fingerprint density at radius 3 is 2.19 bits per heavy atom. The van der Waals surface area contributed by atoms with Crippen molar-refractivity contribution >= 4 is 24.0 Å². The fourth-order valence-electron chi connectivity index (χ4n) is 2.54. The van der Waals surface area contributed by atoms with Crippen molar-refractivity contribution in [2.24, 2.45) is 11.7 Å². The maximum absolute atomic E-state index is 13.0. The smallest absolute Gasteiger partial charge is 0.248 e. The quantitative estimate of drug-likeness (QED) is 0.376. The van der Waals surface area contributed by atoms with E-state index in [4.69, 9.17) is 10.5 Å². The number of primary amides is 1. The van der Waals surface area contributed by atoms with Crippen molar-refractivity contribution in [1.82, 2.24) is 9.80 Å². The number of ether oxygens (including phenoxy) is 1. The van der Waals surface area contributed by atoms with E-state index >= 15 is 0 Å². The number of nitrogens with zero attached hydrogens (tertiary/aromatic N) is 2. The van der Waals surface area contributed by atoms with Gasteiger partial charge in [0.05, 0.1) is 13.2 Å². The van der Waals surface area contributed by atoms with Crippen LogP contribution in [0, 0.1) is 5.92 Å². The minimum Gasteiger partial charge on any atom is -0.378 e. The van der Waals surface area contributed by atoms with Gasteiger partial charge in [0, 0.05) is 26.9 Å². The lowest BCUT2D eigenvalue weighted by atomic mass is 10.0. The van der Waals surface area contributed by atoms with Crippen molar-refractivity contribution in [1.29, 1.82) is 0 Å². The summed E-state index contributed by atoms with van der Waals surface area (Å²) < 4.78 is 5.39. The molecule has 0 spiro atoms. The molecule has 0 aliphatic carbocycles. The molecular formula is C18H33N3O5.